The molecule has 1 aliphatic carbocycles. The van der Waals surface area contributed by atoms with Gasteiger partial charge < -0.3 is 10.1 Å². The van der Waals surface area contributed by atoms with Crippen LogP contribution in [0.25, 0.3) is 0 Å². The molecule has 4 rings (SSSR count). The van der Waals surface area contributed by atoms with Gasteiger partial charge in [0.1, 0.15) is 0 Å². The second-order valence-electron chi connectivity index (χ2n) is 6.55. The van der Waals surface area contributed by atoms with Crippen molar-refractivity contribution in [3.05, 3.63) is 29.6 Å². The quantitative estimate of drug-likeness (QED) is 0.915. The van der Waals surface area contributed by atoms with Gasteiger partial charge in [-0.3, -0.25) is 4.98 Å². The van der Waals surface area contributed by atoms with E-state index in [9.17, 15) is 0 Å². The van der Waals surface area contributed by atoms with Crippen molar-refractivity contribution in [1.82, 2.24) is 10.3 Å². The molecule has 3 aliphatic rings. The Labute approximate surface area is 121 Å². The van der Waals surface area contributed by atoms with Crippen molar-refractivity contribution >= 4 is 0 Å². The summed E-state index contributed by atoms with van der Waals surface area (Å²) in [6.07, 6.45) is 9.22. The van der Waals surface area contributed by atoms with Crippen molar-refractivity contribution in [2.75, 3.05) is 6.54 Å². The fourth-order valence-electron chi connectivity index (χ4n) is 4.68. The first-order valence-electron chi connectivity index (χ1n) is 8.19. The summed E-state index contributed by atoms with van der Waals surface area (Å²) in [5.74, 6) is 1.27. The molecule has 108 valence electrons. The van der Waals surface area contributed by atoms with Crippen LogP contribution in [0.4, 0.5) is 0 Å². The summed E-state index contributed by atoms with van der Waals surface area (Å²) in [5, 5.41) is 3.77. The summed E-state index contributed by atoms with van der Waals surface area (Å²) < 4.78 is 6.10. The number of ether oxygens (including phenoxy) is 1. The van der Waals surface area contributed by atoms with Crippen molar-refractivity contribution in [3.63, 3.8) is 0 Å². The summed E-state index contributed by atoms with van der Waals surface area (Å²) in [6, 6.07) is 4.87. The second-order valence-corrected chi connectivity index (χ2v) is 6.55. The van der Waals surface area contributed by atoms with Gasteiger partial charge in [-0.05, 0) is 50.3 Å². The number of fused-ring (bicyclic) bond motifs is 3. The van der Waals surface area contributed by atoms with E-state index >= 15 is 0 Å². The topological polar surface area (TPSA) is 34.2 Å². The molecule has 0 spiro atoms. The standard InChI is InChI=1S/C17H24N2O/c1-2-18-17(14-10-12-6-8-15(14)20-12)13-7-5-11-4-3-9-19-16(11)13/h3-4,9,12-15,17-18H,2,5-8,10H2,1H3. The first-order chi connectivity index (χ1) is 9.86. The van der Waals surface area contributed by atoms with Gasteiger partial charge >= 0.3 is 0 Å². The predicted octanol–water partition coefficient (Wildman–Crippen LogP) is 2.66. The maximum atomic E-state index is 6.10. The highest BCUT2D eigenvalue weighted by Crippen LogP contribution is 2.45. The van der Waals surface area contributed by atoms with Gasteiger partial charge in [0.25, 0.3) is 0 Å². The summed E-state index contributed by atoms with van der Waals surface area (Å²) in [7, 11) is 0. The molecule has 5 unspecified atom stereocenters. The first-order valence-corrected chi connectivity index (χ1v) is 8.19. The Hall–Kier alpha value is -0.930. The van der Waals surface area contributed by atoms with Crippen LogP contribution in [0.2, 0.25) is 0 Å². The third kappa shape index (κ3) is 1.99. The van der Waals surface area contributed by atoms with Crippen molar-refractivity contribution in [2.45, 2.75) is 63.2 Å². The lowest BCUT2D eigenvalue weighted by molar-refractivity contribution is 0.0831. The highest BCUT2D eigenvalue weighted by molar-refractivity contribution is 5.30. The van der Waals surface area contributed by atoms with Crippen LogP contribution in [-0.4, -0.2) is 29.8 Å². The van der Waals surface area contributed by atoms with Gasteiger partial charge in [-0.25, -0.2) is 0 Å². The average Bonchev–Trinajstić information content (AvgIpc) is 3.19. The zero-order chi connectivity index (χ0) is 13.5. The molecule has 3 heteroatoms. The summed E-state index contributed by atoms with van der Waals surface area (Å²) >= 11 is 0. The van der Waals surface area contributed by atoms with Gasteiger partial charge in [-0.2, -0.15) is 0 Å². The number of likely N-dealkylation sites (N-methyl/N-ethyl adjacent to an activating group) is 1. The Bertz CT molecular complexity index is 490. The number of aromatic nitrogens is 1. The SMILES string of the molecule is CCNC(C1CCc2cccnc21)C1CC2CCC1O2. The van der Waals surface area contributed by atoms with E-state index in [4.69, 9.17) is 9.72 Å². The Morgan fingerprint density at radius 3 is 3.10 bits per heavy atom. The van der Waals surface area contributed by atoms with Gasteiger partial charge in [0.05, 0.1) is 12.2 Å². The van der Waals surface area contributed by atoms with Crippen LogP contribution in [0.3, 0.4) is 0 Å². The summed E-state index contributed by atoms with van der Waals surface area (Å²) in [4.78, 5) is 4.70. The fraction of sp³-hybridized carbons (Fsp3) is 0.706. The van der Waals surface area contributed by atoms with Gasteiger partial charge in [-0.15, -0.1) is 0 Å². The van der Waals surface area contributed by atoms with Gasteiger partial charge in [0.15, 0.2) is 0 Å². The van der Waals surface area contributed by atoms with E-state index in [1.165, 1.54) is 43.4 Å². The molecule has 2 saturated heterocycles. The highest BCUT2D eigenvalue weighted by Gasteiger charge is 2.47. The molecule has 2 bridgehead atoms. The average molecular weight is 272 g/mol. The minimum atomic E-state index is 0.497. The molecule has 0 saturated carbocycles. The maximum Gasteiger partial charge on any atom is 0.0624 e. The van der Waals surface area contributed by atoms with Gasteiger partial charge in [0.2, 0.25) is 0 Å². The normalized spacial score (nSPS) is 36.2. The Morgan fingerprint density at radius 2 is 2.35 bits per heavy atom. The number of hydrogen-bond acceptors (Lipinski definition) is 3. The van der Waals surface area contributed by atoms with Crippen molar-refractivity contribution in [3.8, 4) is 0 Å². The number of nitrogens with zero attached hydrogens (tertiary/aromatic N) is 1. The van der Waals surface area contributed by atoms with E-state index in [1.807, 2.05) is 6.20 Å². The van der Waals surface area contributed by atoms with Crippen LogP contribution in [0.1, 0.15) is 49.8 Å². The van der Waals surface area contributed by atoms with Crippen LogP contribution in [0.15, 0.2) is 18.3 Å². The maximum absolute atomic E-state index is 6.10. The van der Waals surface area contributed by atoms with E-state index in [0.717, 1.165) is 6.54 Å². The third-order valence-electron chi connectivity index (χ3n) is 5.49. The molecule has 5 atom stereocenters. The summed E-state index contributed by atoms with van der Waals surface area (Å²) in [6.45, 7) is 3.26. The molecule has 1 N–H and O–H groups in total. The molecular weight excluding hydrogens is 248 g/mol. The molecular formula is C17H24N2O. The largest absolute Gasteiger partial charge is 0.375 e. The number of nitrogens with one attached hydrogen (secondary N) is 1. The minimum Gasteiger partial charge on any atom is -0.375 e. The Kier molecular flexibility index (Phi) is 3.27. The van der Waals surface area contributed by atoms with Gasteiger partial charge in [0, 0.05) is 29.8 Å². The summed E-state index contributed by atoms with van der Waals surface area (Å²) in [5.41, 5.74) is 2.81. The van der Waals surface area contributed by atoms with Crippen molar-refractivity contribution < 1.29 is 4.74 Å². The van der Waals surface area contributed by atoms with E-state index < -0.39 is 0 Å². The van der Waals surface area contributed by atoms with Crippen molar-refractivity contribution in [1.29, 1.82) is 0 Å². The fourth-order valence-corrected chi connectivity index (χ4v) is 4.68. The molecule has 0 radical (unpaired) electrons. The molecule has 0 amide bonds. The first kappa shape index (κ1) is 12.8. The molecule has 2 fully saturated rings. The van der Waals surface area contributed by atoms with E-state index in [1.54, 1.807) is 0 Å². The zero-order valence-electron chi connectivity index (χ0n) is 12.2. The van der Waals surface area contributed by atoms with Crippen LogP contribution in [0, 0.1) is 5.92 Å². The molecule has 0 aromatic carbocycles. The van der Waals surface area contributed by atoms with Crippen LogP contribution >= 0.6 is 0 Å². The number of rotatable bonds is 4. The third-order valence-corrected chi connectivity index (χ3v) is 5.49. The Balaban J connectivity index is 1.60. The van der Waals surface area contributed by atoms with Crippen LogP contribution in [0.5, 0.6) is 0 Å². The zero-order valence-corrected chi connectivity index (χ0v) is 12.2. The number of pyridine rings is 1. The highest BCUT2D eigenvalue weighted by atomic mass is 16.5. The molecule has 1 aromatic rings. The van der Waals surface area contributed by atoms with E-state index in [-0.39, 0.29) is 0 Å². The Morgan fingerprint density at radius 1 is 1.40 bits per heavy atom. The molecule has 2 aliphatic heterocycles. The minimum absolute atomic E-state index is 0.497. The van der Waals surface area contributed by atoms with Crippen LogP contribution in [-0.2, 0) is 11.2 Å². The van der Waals surface area contributed by atoms with E-state index in [0.29, 0.717) is 30.1 Å². The molecule has 1 aromatic heterocycles. The number of hydrogen-bond donors (Lipinski definition) is 1. The number of aryl methyl sites for hydroxylation is 1. The lowest BCUT2D eigenvalue weighted by Gasteiger charge is -2.33. The van der Waals surface area contributed by atoms with Crippen LogP contribution < -0.4 is 5.32 Å². The molecule has 3 nitrogen and oxygen atoms in total. The van der Waals surface area contributed by atoms with E-state index in [2.05, 4.69) is 24.4 Å². The lowest BCUT2D eigenvalue weighted by Crippen LogP contribution is -2.44. The molecule has 3 heterocycles. The van der Waals surface area contributed by atoms with Crippen molar-refractivity contribution in [2.24, 2.45) is 5.92 Å². The monoisotopic (exact) mass is 272 g/mol. The smallest absolute Gasteiger partial charge is 0.0624 e. The predicted molar refractivity (Wildman–Crippen MR) is 78.8 cm³/mol. The molecule has 20 heavy (non-hydrogen) atoms. The second kappa shape index (κ2) is 5.12. The van der Waals surface area contributed by atoms with Gasteiger partial charge in [-0.1, -0.05) is 13.0 Å². The lowest BCUT2D eigenvalue weighted by atomic mass is 9.77.